The van der Waals surface area contributed by atoms with E-state index in [-0.39, 0.29) is 145 Å². The zero-order valence-corrected chi connectivity index (χ0v) is 70.5. The highest BCUT2D eigenvalue weighted by Crippen LogP contribution is 2.56. The van der Waals surface area contributed by atoms with Gasteiger partial charge in [-0.1, -0.05) is 37.9 Å². The molecule has 6 aromatic heterocycles. The van der Waals surface area contributed by atoms with Crippen LogP contribution in [0.1, 0.15) is 99.7 Å². The molecule has 3 fully saturated rings. The van der Waals surface area contributed by atoms with E-state index < -0.39 is 148 Å². The number of aliphatic hydroxyl groups excluding tert-OH is 3. The Morgan fingerprint density at radius 2 is 0.715 bits per heavy atom. The van der Waals surface area contributed by atoms with E-state index in [0.29, 0.717) is 34.0 Å². The Bertz CT molecular complexity index is 5320. The van der Waals surface area contributed by atoms with Crippen LogP contribution >= 0.6 is 23.2 Å². The number of nitrogens with two attached hydrogens (primary N) is 3. The number of ether oxygens (including phenoxy) is 9. The summed E-state index contributed by atoms with van der Waals surface area (Å²) in [6.45, 7) is 25.9. The van der Waals surface area contributed by atoms with E-state index in [1.807, 2.05) is 0 Å². The van der Waals surface area contributed by atoms with E-state index in [1.54, 1.807) is 91.6 Å². The third-order valence-electron chi connectivity index (χ3n) is 20.0. The van der Waals surface area contributed by atoms with Gasteiger partial charge in [0, 0.05) is 17.8 Å². The molecule has 660 valence electrons. The Labute approximate surface area is 699 Å². The Balaban J connectivity index is 0.000000159. The highest BCUT2D eigenvalue weighted by atomic mass is 31.2. The number of nitrogen functional groups attached to an aromatic ring is 3. The Morgan fingerprint density at radius 1 is 0.455 bits per heavy atom. The number of rotatable bonds is 30. The van der Waals surface area contributed by atoms with Gasteiger partial charge in [0.25, 0.3) is 16.7 Å². The third-order valence-corrected chi connectivity index (χ3v) is 24.9. The van der Waals surface area contributed by atoms with Crippen molar-refractivity contribution in [3.63, 3.8) is 0 Å². The highest BCUT2D eigenvalue weighted by Gasteiger charge is 2.47. The number of nitrogens with zero attached hydrogens (tertiary/aromatic N) is 9. The molecule has 45 nitrogen and oxygen atoms in total. The maximum absolute atomic E-state index is 14.1. The number of H-pyrrole nitrogens is 3. The number of hydrogen-bond acceptors (Lipinski definition) is 36. The van der Waals surface area contributed by atoms with Gasteiger partial charge in [-0.25, -0.2) is 28.6 Å². The first-order valence-corrected chi connectivity index (χ1v) is 43.2. The average molecular weight is 1770 g/mol. The van der Waals surface area contributed by atoms with Crippen LogP contribution in [0.25, 0.3) is 33.5 Å². The number of aromatic nitrogens is 12. The van der Waals surface area contributed by atoms with Crippen LogP contribution in [0.15, 0.2) is 124 Å². The van der Waals surface area contributed by atoms with Gasteiger partial charge in [0.15, 0.2) is 68.0 Å². The molecule has 48 heteroatoms. The van der Waals surface area contributed by atoms with Crippen LogP contribution in [0.5, 0.6) is 51.7 Å². The summed E-state index contributed by atoms with van der Waals surface area (Å²) in [5, 5.41) is 40.7. The molecular weight excluding hydrogens is 1680 g/mol. The van der Waals surface area contributed by atoms with Crippen molar-refractivity contribution in [2.24, 2.45) is 17.8 Å². The molecule has 9 aromatic rings. The third kappa shape index (κ3) is 19.8. The van der Waals surface area contributed by atoms with E-state index in [0.717, 1.165) is 0 Å². The van der Waals surface area contributed by atoms with Crippen molar-refractivity contribution >= 4 is 92.5 Å². The molecular formula is C75H93N18O27P3. The summed E-state index contributed by atoms with van der Waals surface area (Å²) in [6, 6.07) is 9.66. The fourth-order valence-electron chi connectivity index (χ4n) is 14.2. The number of aliphatic hydroxyl groups is 3. The Kier molecular flexibility index (Phi) is 26.6. The normalized spacial score (nSPS) is 22.2. The molecule has 1 unspecified atom stereocenters. The van der Waals surface area contributed by atoms with Gasteiger partial charge in [0.05, 0.1) is 93.6 Å². The van der Waals surface area contributed by atoms with Gasteiger partial charge in [0.2, 0.25) is 55.5 Å². The molecule has 6 aliphatic rings. The molecule has 3 aliphatic heterocycles. The quantitative estimate of drug-likeness (QED) is 0.0104. The zero-order valence-electron chi connectivity index (χ0n) is 67.8. The molecule has 3 saturated carbocycles. The summed E-state index contributed by atoms with van der Waals surface area (Å²) >= 11 is 0. The van der Waals surface area contributed by atoms with E-state index in [1.165, 1.54) is 58.0 Å². The van der Waals surface area contributed by atoms with E-state index in [4.69, 9.17) is 87.0 Å². The predicted octanol–water partition coefficient (Wildman–Crippen LogP) is 6.13. The maximum Gasteiger partial charge on any atom is 0.459 e. The Hall–Kier alpha value is -11.7. The van der Waals surface area contributed by atoms with Crippen LogP contribution in [0.4, 0.5) is 17.8 Å². The maximum atomic E-state index is 14.1. The predicted molar refractivity (Wildman–Crippen MR) is 436 cm³/mol. The molecule has 15 rings (SSSR count). The lowest BCUT2D eigenvalue weighted by Crippen LogP contribution is -2.36. The lowest BCUT2D eigenvalue weighted by atomic mass is 10.0. The lowest BCUT2D eigenvalue weighted by molar-refractivity contribution is -0.150. The molecule has 15 atom stereocenters. The summed E-state index contributed by atoms with van der Waals surface area (Å²) in [7, 11) is -12.9. The first kappa shape index (κ1) is 89.0. The second-order valence-corrected chi connectivity index (χ2v) is 35.0. The van der Waals surface area contributed by atoms with Crippen molar-refractivity contribution in [2.75, 3.05) is 57.4 Å². The molecule has 15 N–H and O–H groups in total. The summed E-state index contributed by atoms with van der Waals surface area (Å²) in [4.78, 5) is 106. The number of benzene rings is 3. The minimum absolute atomic E-state index is 0.0454. The smallest absolute Gasteiger partial charge is 0.459 e. The van der Waals surface area contributed by atoms with Crippen LogP contribution in [0.3, 0.4) is 0 Å². The molecule has 0 spiro atoms. The summed E-state index contributed by atoms with van der Waals surface area (Å²) in [5.41, 5.74) is 18.2. The van der Waals surface area contributed by atoms with Crippen molar-refractivity contribution in [3.05, 3.63) is 141 Å². The van der Waals surface area contributed by atoms with Gasteiger partial charge in [-0.15, -0.1) is 0 Å². The van der Waals surface area contributed by atoms with E-state index >= 15 is 0 Å². The first-order chi connectivity index (χ1) is 58.4. The topological polar surface area (TPSA) is 606 Å². The lowest BCUT2D eigenvalue weighted by Gasteiger charge is -2.26. The fraction of sp³-hybridized carbons (Fsp3) is 0.440. The molecule has 0 bridgehead atoms. The van der Waals surface area contributed by atoms with Crippen molar-refractivity contribution in [1.82, 2.24) is 73.8 Å². The van der Waals surface area contributed by atoms with Gasteiger partial charge in [-0.05, 0) is 135 Å². The van der Waals surface area contributed by atoms with Gasteiger partial charge < -0.3 is 102 Å². The van der Waals surface area contributed by atoms with Crippen LogP contribution in [-0.2, 0) is 55.9 Å². The Morgan fingerprint density at radius 3 is 0.967 bits per heavy atom. The van der Waals surface area contributed by atoms with Crippen molar-refractivity contribution in [1.29, 1.82) is 0 Å². The summed E-state index contributed by atoms with van der Waals surface area (Å²) in [6.07, 6.45) is 0.782. The minimum Gasteiger partial charge on any atom is -0.462 e. The minimum atomic E-state index is -4.30. The number of imidazole rings is 3. The molecule has 3 aliphatic carbocycles. The number of nitrogens with one attached hydrogen (secondary N) is 6. The fourth-order valence-corrected chi connectivity index (χ4v) is 18.7. The number of hydrogen-bond donors (Lipinski definition) is 12. The second kappa shape index (κ2) is 36.8. The van der Waals surface area contributed by atoms with Crippen LogP contribution in [0.2, 0.25) is 0 Å². The van der Waals surface area contributed by atoms with Gasteiger partial charge in [-0.3, -0.25) is 57.3 Å². The number of anilines is 3. The molecule has 3 aromatic carbocycles. The standard InChI is InChI=1S/3C25H31N6O9P/c3*1-12(2)39-24(34)14(4)30-41(35,40-19-7-5-6-18-21(19)37-11-36-18)38-9-15-13(3)16(8-17(15)32)31-10-27-20-22(31)28-25(26)29-23(20)33/h3*5-7,10,12,14-17,32H,3,8-9,11H2,1-2,4H3,(H,30,35)(H3,26,28,29,33)/t14-,15-,16-,17-,41?;14-,15-,16-,17-,41+;14-,15-,16-,17-,41-/m000/s1. The second-order valence-electron chi connectivity index (χ2n) is 30.0. The number of fused-ring (bicyclic) bond motifs is 6. The molecule has 0 saturated heterocycles. The van der Waals surface area contributed by atoms with E-state index in [9.17, 15) is 57.8 Å². The molecule has 0 radical (unpaired) electrons. The number of carbonyl (C=O) groups excluding carboxylic acids is 3. The van der Waals surface area contributed by atoms with Crippen LogP contribution in [-0.4, -0.2) is 187 Å². The monoisotopic (exact) mass is 1770 g/mol. The van der Waals surface area contributed by atoms with Crippen LogP contribution in [0, 0.1) is 17.8 Å². The van der Waals surface area contributed by atoms with Gasteiger partial charge in [0.1, 0.15) is 18.1 Å². The first-order valence-electron chi connectivity index (χ1n) is 38.6. The molecule has 0 amide bonds. The van der Waals surface area contributed by atoms with Crippen molar-refractivity contribution in [3.8, 4) is 51.7 Å². The van der Waals surface area contributed by atoms with Gasteiger partial charge in [-0.2, -0.15) is 30.2 Å². The zero-order chi connectivity index (χ0) is 88.4. The number of esters is 3. The van der Waals surface area contributed by atoms with Crippen LogP contribution < -0.4 is 91.1 Å². The highest BCUT2D eigenvalue weighted by molar-refractivity contribution is 7.52. The summed E-state index contributed by atoms with van der Waals surface area (Å²) in [5.74, 6) is -2.24. The molecule has 123 heavy (non-hydrogen) atoms. The number of carbonyl (C=O) groups is 3. The average Bonchev–Trinajstić information content (AvgIpc) is 1.63. The largest absolute Gasteiger partial charge is 0.462 e. The van der Waals surface area contributed by atoms with Crippen molar-refractivity contribution < 1.29 is 113 Å². The number of para-hydroxylation sites is 3. The van der Waals surface area contributed by atoms with Gasteiger partial charge >= 0.3 is 41.1 Å². The van der Waals surface area contributed by atoms with E-state index in [2.05, 4.69) is 79.9 Å². The summed E-state index contributed by atoms with van der Waals surface area (Å²) < 4.78 is 130. The SMILES string of the molecule is C=C1[C@H](COP(=O)(N[C@@H](C)C(=O)OC(C)C)Oc2cccc3c2OCO3)[C@@H](O)C[C@@H]1n1cnc2c(=O)[nH]c(N)nc21.C=C1[C@H](CO[P@@](=O)(N[C@@H](C)C(=O)OC(C)C)Oc2cccc3c2OCO3)[C@@H](O)C[C@@H]1n1cnc2c(=O)[nH]c(N)nc21.C=C1[C@H](CO[P@](=O)(N[C@@H](C)C(=O)OC(C)C)Oc2cccc3c2OCO3)[C@@H](O)C[C@@H]1n1cnc2c(=O)[nH]c(N)nc21. The molecule has 9 heterocycles. The van der Waals surface area contributed by atoms with Crippen molar-refractivity contribution in [2.45, 2.75) is 154 Å². The number of aromatic amines is 3.